The second kappa shape index (κ2) is 8.05. The van der Waals surface area contributed by atoms with Gasteiger partial charge in [0.1, 0.15) is 12.6 Å². The standard InChI is InChI=1S/C17H20N2O3/c1-21-14-9-5-6-10-15(14)22-12-11-19-16(17(18)20)13-7-3-2-4-8-13/h2-10,16,19H,11-12H2,1H3,(H2,18,20). The predicted molar refractivity (Wildman–Crippen MR) is 84.9 cm³/mol. The van der Waals surface area contributed by atoms with Crippen molar-refractivity contribution in [2.24, 2.45) is 5.73 Å². The van der Waals surface area contributed by atoms with Crippen LogP contribution in [0.25, 0.3) is 0 Å². The zero-order valence-electron chi connectivity index (χ0n) is 12.5. The SMILES string of the molecule is COc1ccccc1OCCNC(C(N)=O)c1ccccc1. The van der Waals surface area contributed by atoms with Crippen LogP contribution < -0.4 is 20.5 Å². The molecular weight excluding hydrogens is 280 g/mol. The van der Waals surface area contributed by atoms with Crippen LogP contribution in [-0.2, 0) is 4.79 Å². The summed E-state index contributed by atoms with van der Waals surface area (Å²) in [4.78, 5) is 11.6. The molecule has 0 aliphatic carbocycles. The molecule has 22 heavy (non-hydrogen) atoms. The van der Waals surface area contributed by atoms with Crippen LogP contribution in [-0.4, -0.2) is 26.2 Å². The van der Waals surface area contributed by atoms with E-state index in [2.05, 4.69) is 5.32 Å². The van der Waals surface area contributed by atoms with Gasteiger partial charge in [-0.2, -0.15) is 0 Å². The smallest absolute Gasteiger partial charge is 0.239 e. The third-order valence-electron chi connectivity index (χ3n) is 3.19. The Bertz CT molecular complexity index is 602. The minimum Gasteiger partial charge on any atom is -0.493 e. The number of para-hydroxylation sites is 2. The van der Waals surface area contributed by atoms with Crippen LogP contribution in [0.5, 0.6) is 11.5 Å². The van der Waals surface area contributed by atoms with Gasteiger partial charge in [-0.15, -0.1) is 0 Å². The Morgan fingerprint density at radius 3 is 2.36 bits per heavy atom. The van der Waals surface area contributed by atoms with E-state index in [0.29, 0.717) is 24.7 Å². The molecule has 3 N–H and O–H groups in total. The Labute approximate surface area is 130 Å². The second-order valence-electron chi connectivity index (χ2n) is 4.70. The highest BCUT2D eigenvalue weighted by molar-refractivity contribution is 5.81. The monoisotopic (exact) mass is 300 g/mol. The Morgan fingerprint density at radius 2 is 1.73 bits per heavy atom. The molecule has 1 atom stereocenters. The largest absolute Gasteiger partial charge is 0.493 e. The van der Waals surface area contributed by atoms with Crippen LogP contribution in [0, 0.1) is 0 Å². The molecule has 0 radical (unpaired) electrons. The summed E-state index contributed by atoms with van der Waals surface area (Å²) in [5.41, 5.74) is 6.29. The van der Waals surface area contributed by atoms with Crippen molar-refractivity contribution in [2.75, 3.05) is 20.3 Å². The summed E-state index contributed by atoms with van der Waals surface area (Å²) in [6, 6.07) is 16.3. The third-order valence-corrected chi connectivity index (χ3v) is 3.19. The van der Waals surface area contributed by atoms with Gasteiger partial charge < -0.3 is 15.2 Å². The van der Waals surface area contributed by atoms with Gasteiger partial charge in [0, 0.05) is 6.54 Å². The minimum atomic E-state index is -0.525. The summed E-state index contributed by atoms with van der Waals surface area (Å²) in [7, 11) is 1.60. The maximum absolute atomic E-state index is 11.6. The van der Waals surface area contributed by atoms with Crippen molar-refractivity contribution in [1.29, 1.82) is 0 Å². The lowest BCUT2D eigenvalue weighted by Gasteiger charge is -2.16. The van der Waals surface area contributed by atoms with Gasteiger partial charge in [-0.05, 0) is 17.7 Å². The summed E-state index contributed by atoms with van der Waals surface area (Å²) < 4.78 is 10.9. The molecule has 2 rings (SSSR count). The molecule has 0 bridgehead atoms. The Hall–Kier alpha value is -2.53. The average Bonchev–Trinajstić information content (AvgIpc) is 2.55. The van der Waals surface area contributed by atoms with E-state index in [4.69, 9.17) is 15.2 Å². The van der Waals surface area contributed by atoms with Gasteiger partial charge in [0.2, 0.25) is 5.91 Å². The van der Waals surface area contributed by atoms with E-state index in [9.17, 15) is 4.79 Å². The van der Waals surface area contributed by atoms with Gasteiger partial charge in [0.15, 0.2) is 11.5 Å². The molecule has 0 aromatic heterocycles. The van der Waals surface area contributed by atoms with E-state index >= 15 is 0 Å². The molecule has 0 aliphatic heterocycles. The van der Waals surface area contributed by atoms with Crippen LogP contribution in [0.4, 0.5) is 0 Å². The van der Waals surface area contributed by atoms with E-state index in [0.717, 1.165) is 5.56 Å². The Kier molecular flexibility index (Phi) is 5.80. The number of benzene rings is 2. The van der Waals surface area contributed by atoms with Crippen LogP contribution in [0.1, 0.15) is 11.6 Å². The van der Waals surface area contributed by atoms with Gasteiger partial charge in [0.25, 0.3) is 0 Å². The lowest BCUT2D eigenvalue weighted by molar-refractivity contribution is -0.120. The van der Waals surface area contributed by atoms with E-state index in [1.807, 2.05) is 54.6 Å². The van der Waals surface area contributed by atoms with Crippen molar-refractivity contribution in [2.45, 2.75) is 6.04 Å². The molecule has 0 heterocycles. The number of primary amides is 1. The molecule has 1 unspecified atom stereocenters. The normalized spacial score (nSPS) is 11.7. The van der Waals surface area contributed by atoms with E-state index in [-0.39, 0.29) is 0 Å². The number of nitrogens with two attached hydrogens (primary N) is 1. The second-order valence-corrected chi connectivity index (χ2v) is 4.70. The first-order valence-corrected chi connectivity index (χ1v) is 7.06. The quantitative estimate of drug-likeness (QED) is 0.730. The van der Waals surface area contributed by atoms with Crippen molar-refractivity contribution < 1.29 is 14.3 Å². The average molecular weight is 300 g/mol. The molecule has 116 valence electrons. The van der Waals surface area contributed by atoms with E-state index < -0.39 is 11.9 Å². The summed E-state index contributed by atoms with van der Waals surface area (Å²) in [5.74, 6) is 0.933. The fourth-order valence-electron chi connectivity index (χ4n) is 2.13. The van der Waals surface area contributed by atoms with Crippen molar-refractivity contribution >= 4 is 5.91 Å². The molecule has 0 spiro atoms. The number of carbonyl (C=O) groups is 1. The number of ether oxygens (including phenoxy) is 2. The topological polar surface area (TPSA) is 73.6 Å². The zero-order valence-corrected chi connectivity index (χ0v) is 12.5. The van der Waals surface area contributed by atoms with Crippen molar-refractivity contribution in [1.82, 2.24) is 5.32 Å². The highest BCUT2D eigenvalue weighted by atomic mass is 16.5. The highest BCUT2D eigenvalue weighted by Crippen LogP contribution is 2.25. The molecule has 2 aromatic carbocycles. The molecule has 0 aliphatic rings. The number of carbonyl (C=O) groups excluding carboxylic acids is 1. The van der Waals surface area contributed by atoms with Gasteiger partial charge in [-0.1, -0.05) is 42.5 Å². The molecule has 1 amide bonds. The molecule has 0 fully saturated rings. The van der Waals surface area contributed by atoms with Crippen LogP contribution in [0.3, 0.4) is 0 Å². The Balaban J connectivity index is 1.88. The van der Waals surface area contributed by atoms with Crippen LogP contribution in [0.15, 0.2) is 54.6 Å². The molecule has 0 saturated heterocycles. The first-order valence-electron chi connectivity index (χ1n) is 7.06. The van der Waals surface area contributed by atoms with Gasteiger partial charge in [-0.25, -0.2) is 0 Å². The van der Waals surface area contributed by atoms with E-state index in [1.54, 1.807) is 7.11 Å². The number of rotatable bonds is 8. The molecule has 2 aromatic rings. The van der Waals surface area contributed by atoms with E-state index in [1.165, 1.54) is 0 Å². The number of amides is 1. The fourth-order valence-corrected chi connectivity index (χ4v) is 2.13. The minimum absolute atomic E-state index is 0.400. The number of hydrogen-bond donors (Lipinski definition) is 2. The zero-order chi connectivity index (χ0) is 15.8. The van der Waals surface area contributed by atoms with Crippen molar-refractivity contribution in [3.8, 4) is 11.5 Å². The molecule has 5 heteroatoms. The number of methoxy groups -OCH3 is 1. The maximum Gasteiger partial charge on any atom is 0.239 e. The Morgan fingerprint density at radius 1 is 1.09 bits per heavy atom. The first kappa shape index (κ1) is 15.9. The predicted octanol–water partition coefficient (Wildman–Crippen LogP) is 1.89. The van der Waals surface area contributed by atoms with Crippen molar-refractivity contribution in [3.63, 3.8) is 0 Å². The highest BCUT2D eigenvalue weighted by Gasteiger charge is 2.16. The summed E-state index contributed by atoms with van der Waals surface area (Å²) in [6.45, 7) is 0.886. The van der Waals surface area contributed by atoms with Gasteiger partial charge in [-0.3, -0.25) is 10.1 Å². The third kappa shape index (κ3) is 4.23. The summed E-state index contributed by atoms with van der Waals surface area (Å²) in [5, 5.41) is 3.10. The number of hydrogen-bond acceptors (Lipinski definition) is 4. The van der Waals surface area contributed by atoms with Crippen molar-refractivity contribution in [3.05, 3.63) is 60.2 Å². The fraction of sp³-hybridized carbons (Fsp3) is 0.235. The van der Waals surface area contributed by atoms with Gasteiger partial charge in [0.05, 0.1) is 7.11 Å². The molecule has 0 saturated carbocycles. The van der Waals surface area contributed by atoms with Crippen LogP contribution in [0.2, 0.25) is 0 Å². The lowest BCUT2D eigenvalue weighted by Crippen LogP contribution is -2.35. The summed E-state index contributed by atoms with van der Waals surface area (Å²) >= 11 is 0. The molecule has 5 nitrogen and oxygen atoms in total. The maximum atomic E-state index is 11.6. The van der Waals surface area contributed by atoms with Crippen LogP contribution >= 0.6 is 0 Å². The molecular formula is C17H20N2O3. The van der Waals surface area contributed by atoms with Gasteiger partial charge >= 0.3 is 0 Å². The lowest BCUT2D eigenvalue weighted by atomic mass is 10.1. The summed E-state index contributed by atoms with van der Waals surface area (Å²) in [6.07, 6.45) is 0. The number of nitrogens with one attached hydrogen (secondary N) is 1. The first-order chi connectivity index (χ1) is 10.7.